The normalized spacial score (nSPS) is 25.0. The van der Waals surface area contributed by atoms with E-state index in [1.807, 2.05) is 4.90 Å². The highest BCUT2D eigenvalue weighted by molar-refractivity contribution is 5.99. The van der Waals surface area contributed by atoms with Crippen molar-refractivity contribution < 1.29 is 19.0 Å². The van der Waals surface area contributed by atoms with E-state index in [1.165, 1.54) is 7.11 Å². The number of fused-ring (bicyclic) bond motifs is 1. The van der Waals surface area contributed by atoms with E-state index >= 15 is 4.39 Å². The first-order valence-electron chi connectivity index (χ1n) is 10.6. The van der Waals surface area contributed by atoms with Gasteiger partial charge in [0.1, 0.15) is 11.3 Å². The number of carboxylic acids is 1. The molecule has 0 amide bonds. The van der Waals surface area contributed by atoms with Gasteiger partial charge in [-0.2, -0.15) is 0 Å². The lowest BCUT2D eigenvalue weighted by atomic mass is 9.75. The number of carboxylic acid groups (broad SMARTS) is 1. The standard InChI is InChI=1S/C22H29FN4O4/c1-4-21(2)10-27(8-5-12(21)24)17-15(23)14(22(25)6-7-22)13-16(19(17)31-3)26-9-11(18(13)28)20(29)30/h9,12H,4-8,10,24-25H2,1-3H3,(H,26,28)(H,29,30). The van der Waals surface area contributed by atoms with Gasteiger partial charge in [0.2, 0.25) is 5.43 Å². The number of anilines is 1. The quantitative estimate of drug-likeness (QED) is 0.569. The fourth-order valence-electron chi connectivity index (χ4n) is 4.73. The third-order valence-electron chi connectivity index (χ3n) is 7.20. The maximum absolute atomic E-state index is 16.2. The molecule has 31 heavy (non-hydrogen) atoms. The Morgan fingerprint density at radius 2 is 2.13 bits per heavy atom. The first kappa shape index (κ1) is 21.6. The van der Waals surface area contributed by atoms with Crippen LogP contribution in [0.2, 0.25) is 0 Å². The van der Waals surface area contributed by atoms with Crippen LogP contribution in [0.15, 0.2) is 11.0 Å². The summed E-state index contributed by atoms with van der Waals surface area (Å²) < 4.78 is 21.8. The number of nitrogens with two attached hydrogens (primary N) is 2. The largest absolute Gasteiger partial charge is 0.492 e. The molecule has 2 fully saturated rings. The molecule has 1 aromatic heterocycles. The molecule has 4 rings (SSSR count). The zero-order valence-electron chi connectivity index (χ0n) is 18.0. The number of benzene rings is 1. The summed E-state index contributed by atoms with van der Waals surface area (Å²) in [4.78, 5) is 29.4. The molecule has 2 unspecified atom stereocenters. The van der Waals surface area contributed by atoms with Gasteiger partial charge in [-0.15, -0.1) is 0 Å². The number of aromatic nitrogens is 1. The number of methoxy groups -OCH3 is 1. The summed E-state index contributed by atoms with van der Waals surface area (Å²) in [5.74, 6) is -1.84. The first-order valence-corrected chi connectivity index (χ1v) is 10.6. The molecule has 6 N–H and O–H groups in total. The average Bonchev–Trinajstić information content (AvgIpc) is 3.47. The van der Waals surface area contributed by atoms with Crippen LogP contribution in [0.4, 0.5) is 10.1 Å². The minimum absolute atomic E-state index is 0.00931. The molecule has 1 saturated carbocycles. The van der Waals surface area contributed by atoms with E-state index in [0.29, 0.717) is 32.4 Å². The Kier molecular flexibility index (Phi) is 5.01. The van der Waals surface area contributed by atoms with Gasteiger partial charge in [-0.05, 0) is 31.1 Å². The molecular weight excluding hydrogens is 403 g/mol. The van der Waals surface area contributed by atoms with Gasteiger partial charge in [0.05, 0.1) is 18.0 Å². The molecule has 2 atom stereocenters. The minimum atomic E-state index is -1.39. The number of aromatic amines is 1. The lowest BCUT2D eigenvalue weighted by Crippen LogP contribution is -2.54. The summed E-state index contributed by atoms with van der Waals surface area (Å²) in [6, 6.07) is -0.00931. The maximum Gasteiger partial charge on any atom is 0.341 e. The summed E-state index contributed by atoms with van der Waals surface area (Å²) in [5, 5.41) is 9.35. The van der Waals surface area contributed by atoms with Gasteiger partial charge >= 0.3 is 5.97 Å². The molecule has 0 spiro atoms. The first-order chi connectivity index (χ1) is 14.6. The highest BCUT2D eigenvalue weighted by Crippen LogP contribution is 2.51. The van der Waals surface area contributed by atoms with Crippen molar-refractivity contribution in [3.05, 3.63) is 33.4 Å². The van der Waals surface area contributed by atoms with Crippen LogP contribution in [0.3, 0.4) is 0 Å². The van der Waals surface area contributed by atoms with Crippen LogP contribution >= 0.6 is 0 Å². The molecule has 1 aliphatic heterocycles. The van der Waals surface area contributed by atoms with E-state index in [1.54, 1.807) is 0 Å². The maximum atomic E-state index is 16.2. The van der Waals surface area contributed by atoms with E-state index < -0.39 is 28.3 Å². The monoisotopic (exact) mass is 432 g/mol. The molecule has 1 aromatic carbocycles. The second-order valence-electron chi connectivity index (χ2n) is 9.14. The van der Waals surface area contributed by atoms with Crippen molar-refractivity contribution in [3.8, 4) is 5.75 Å². The smallest absolute Gasteiger partial charge is 0.341 e. The van der Waals surface area contributed by atoms with Crippen LogP contribution in [0, 0.1) is 11.2 Å². The molecule has 9 heteroatoms. The number of aromatic carboxylic acids is 1. The van der Waals surface area contributed by atoms with Crippen molar-refractivity contribution in [3.63, 3.8) is 0 Å². The fraction of sp³-hybridized carbons (Fsp3) is 0.545. The van der Waals surface area contributed by atoms with Crippen LogP contribution in [-0.4, -0.2) is 42.3 Å². The highest BCUT2D eigenvalue weighted by Gasteiger charge is 2.47. The zero-order chi connectivity index (χ0) is 22.7. The SMILES string of the molecule is CCC1(C)CN(c2c(F)c(C3(N)CC3)c3c(=O)c(C(=O)O)c[nH]c3c2OC)CCC1N. The van der Waals surface area contributed by atoms with Crippen LogP contribution in [0.25, 0.3) is 10.9 Å². The predicted molar refractivity (Wildman–Crippen MR) is 116 cm³/mol. The number of hydrogen-bond acceptors (Lipinski definition) is 6. The predicted octanol–water partition coefficient (Wildman–Crippen LogP) is 2.28. The summed E-state index contributed by atoms with van der Waals surface area (Å²) in [7, 11) is 1.41. The molecular formula is C22H29FN4O4. The number of nitrogens with zero attached hydrogens (tertiary/aromatic N) is 1. The van der Waals surface area contributed by atoms with Gasteiger partial charge in [-0.3, -0.25) is 4.79 Å². The van der Waals surface area contributed by atoms with E-state index in [0.717, 1.165) is 12.6 Å². The van der Waals surface area contributed by atoms with Crippen molar-refractivity contribution in [2.45, 2.75) is 51.1 Å². The Labute approximate surface area is 179 Å². The molecule has 0 radical (unpaired) electrons. The minimum Gasteiger partial charge on any atom is -0.492 e. The molecule has 2 heterocycles. The summed E-state index contributed by atoms with van der Waals surface area (Å²) in [6.07, 6.45) is 3.66. The number of pyridine rings is 1. The Morgan fingerprint density at radius 3 is 2.68 bits per heavy atom. The number of rotatable bonds is 5. The van der Waals surface area contributed by atoms with Crippen molar-refractivity contribution in [1.82, 2.24) is 4.98 Å². The van der Waals surface area contributed by atoms with Crippen LogP contribution in [0.1, 0.15) is 55.5 Å². The van der Waals surface area contributed by atoms with Gasteiger partial charge in [0.15, 0.2) is 11.6 Å². The number of piperidine rings is 1. The van der Waals surface area contributed by atoms with Crippen molar-refractivity contribution in [2.24, 2.45) is 16.9 Å². The Hall–Kier alpha value is -2.65. The van der Waals surface area contributed by atoms with Crippen LogP contribution in [-0.2, 0) is 5.54 Å². The summed E-state index contributed by atoms with van der Waals surface area (Å²) in [6.45, 7) is 5.21. The number of carbonyl (C=O) groups is 1. The third kappa shape index (κ3) is 3.18. The average molecular weight is 432 g/mol. The molecule has 168 valence electrons. The van der Waals surface area contributed by atoms with Crippen molar-refractivity contribution in [2.75, 3.05) is 25.1 Å². The van der Waals surface area contributed by atoms with Crippen LogP contribution in [0.5, 0.6) is 5.75 Å². The molecule has 2 aliphatic rings. The second kappa shape index (κ2) is 7.20. The molecule has 1 saturated heterocycles. The molecule has 8 nitrogen and oxygen atoms in total. The van der Waals surface area contributed by atoms with Gasteiger partial charge in [-0.25, -0.2) is 9.18 Å². The van der Waals surface area contributed by atoms with Gasteiger partial charge < -0.3 is 31.2 Å². The van der Waals surface area contributed by atoms with Gasteiger partial charge in [-0.1, -0.05) is 13.8 Å². The molecule has 1 aliphatic carbocycles. The molecule has 2 aromatic rings. The lowest BCUT2D eigenvalue weighted by Gasteiger charge is -2.46. The van der Waals surface area contributed by atoms with E-state index in [2.05, 4.69) is 18.8 Å². The Bertz CT molecular complexity index is 1130. The van der Waals surface area contributed by atoms with E-state index in [-0.39, 0.29) is 39.4 Å². The van der Waals surface area contributed by atoms with Crippen molar-refractivity contribution >= 4 is 22.6 Å². The highest BCUT2D eigenvalue weighted by atomic mass is 19.1. The summed E-state index contributed by atoms with van der Waals surface area (Å²) in [5.41, 5.74) is 10.9. The van der Waals surface area contributed by atoms with Crippen molar-refractivity contribution in [1.29, 1.82) is 0 Å². The number of hydrogen-bond donors (Lipinski definition) is 4. The Balaban J connectivity index is 2.04. The summed E-state index contributed by atoms with van der Waals surface area (Å²) >= 11 is 0. The zero-order valence-corrected chi connectivity index (χ0v) is 18.0. The number of nitrogens with one attached hydrogen (secondary N) is 1. The van der Waals surface area contributed by atoms with Gasteiger partial charge in [0, 0.05) is 36.4 Å². The number of halogens is 1. The number of H-pyrrole nitrogens is 1. The second-order valence-corrected chi connectivity index (χ2v) is 9.14. The van der Waals surface area contributed by atoms with E-state index in [9.17, 15) is 14.7 Å². The molecule has 0 bridgehead atoms. The topological polar surface area (TPSA) is 135 Å². The number of ether oxygens (including phenoxy) is 1. The fourth-order valence-corrected chi connectivity index (χ4v) is 4.73. The third-order valence-corrected chi connectivity index (χ3v) is 7.20. The Morgan fingerprint density at radius 1 is 1.45 bits per heavy atom. The van der Waals surface area contributed by atoms with E-state index in [4.69, 9.17) is 16.2 Å². The van der Waals surface area contributed by atoms with Crippen LogP contribution < -0.4 is 26.5 Å². The lowest BCUT2D eigenvalue weighted by molar-refractivity contribution is 0.0695. The van der Waals surface area contributed by atoms with Gasteiger partial charge in [0.25, 0.3) is 0 Å².